The van der Waals surface area contributed by atoms with Crippen LogP contribution in [0.4, 0.5) is 0 Å². The van der Waals surface area contributed by atoms with Crippen molar-refractivity contribution in [2.75, 3.05) is 6.61 Å². The van der Waals surface area contributed by atoms with Gasteiger partial charge in [-0.25, -0.2) is 0 Å². The van der Waals surface area contributed by atoms with E-state index in [1.165, 1.54) is 5.57 Å². The Kier molecular flexibility index (Phi) is 5.05. The predicted molar refractivity (Wildman–Crippen MR) is 75.3 cm³/mol. The van der Waals surface area contributed by atoms with E-state index in [1.54, 1.807) is 0 Å². The van der Waals surface area contributed by atoms with E-state index in [-0.39, 0.29) is 6.10 Å². The molecule has 1 fully saturated rings. The van der Waals surface area contributed by atoms with Crippen molar-refractivity contribution >= 4 is 0 Å². The molecule has 0 N–H and O–H groups in total. The molecule has 0 saturated carbocycles. The third-order valence-corrected chi connectivity index (χ3v) is 3.14. The summed E-state index contributed by atoms with van der Waals surface area (Å²) in [5.74, 6) is 6.44. The third kappa shape index (κ3) is 4.39. The molecule has 1 aliphatic rings. The molecule has 0 spiro atoms. The standard InChI is InChI=1S/C17H20O/c1-15-7-5-11-17(18-14-6-8-15)13-12-16-9-3-2-4-10-16/h2-4,9-10,17H,1,5-8,11,14H2. The van der Waals surface area contributed by atoms with Crippen LogP contribution in [0.5, 0.6) is 0 Å². The molecule has 1 heterocycles. The van der Waals surface area contributed by atoms with Gasteiger partial charge in [0.1, 0.15) is 6.10 Å². The average molecular weight is 240 g/mol. The van der Waals surface area contributed by atoms with Gasteiger partial charge in [-0.2, -0.15) is 0 Å². The first-order valence-corrected chi connectivity index (χ1v) is 6.69. The first-order valence-electron chi connectivity index (χ1n) is 6.69. The third-order valence-electron chi connectivity index (χ3n) is 3.14. The van der Waals surface area contributed by atoms with Gasteiger partial charge >= 0.3 is 0 Å². The van der Waals surface area contributed by atoms with E-state index in [4.69, 9.17) is 4.74 Å². The fourth-order valence-corrected chi connectivity index (χ4v) is 2.09. The van der Waals surface area contributed by atoms with Crippen molar-refractivity contribution in [3.8, 4) is 11.8 Å². The lowest BCUT2D eigenvalue weighted by Crippen LogP contribution is -2.10. The summed E-state index contributed by atoms with van der Waals surface area (Å²) in [6.07, 6.45) is 5.51. The zero-order valence-electron chi connectivity index (χ0n) is 10.8. The summed E-state index contributed by atoms with van der Waals surface area (Å²) >= 11 is 0. The van der Waals surface area contributed by atoms with Crippen LogP contribution in [0.2, 0.25) is 0 Å². The van der Waals surface area contributed by atoms with Gasteiger partial charge in [0.25, 0.3) is 0 Å². The molecular weight excluding hydrogens is 220 g/mol. The maximum atomic E-state index is 5.82. The second-order valence-corrected chi connectivity index (χ2v) is 4.74. The zero-order valence-corrected chi connectivity index (χ0v) is 10.8. The second kappa shape index (κ2) is 7.03. The Bertz CT molecular complexity index is 436. The Balaban J connectivity index is 1.95. The normalized spacial score (nSPS) is 21.1. The highest BCUT2D eigenvalue weighted by atomic mass is 16.5. The second-order valence-electron chi connectivity index (χ2n) is 4.74. The summed E-state index contributed by atoms with van der Waals surface area (Å²) < 4.78 is 5.82. The summed E-state index contributed by atoms with van der Waals surface area (Å²) in [5, 5.41) is 0. The van der Waals surface area contributed by atoms with E-state index < -0.39 is 0 Å². The number of hydrogen-bond donors (Lipinski definition) is 0. The van der Waals surface area contributed by atoms with Crippen molar-refractivity contribution in [2.45, 2.75) is 38.2 Å². The first-order chi connectivity index (χ1) is 8.84. The summed E-state index contributed by atoms with van der Waals surface area (Å²) in [6.45, 7) is 4.88. The van der Waals surface area contributed by atoms with Crippen LogP contribution in [0.1, 0.15) is 37.7 Å². The van der Waals surface area contributed by atoms with E-state index in [0.717, 1.165) is 44.3 Å². The smallest absolute Gasteiger partial charge is 0.118 e. The van der Waals surface area contributed by atoms with Gasteiger partial charge in [-0.05, 0) is 44.2 Å². The molecule has 2 rings (SSSR count). The van der Waals surface area contributed by atoms with Gasteiger partial charge in [-0.3, -0.25) is 0 Å². The van der Waals surface area contributed by atoms with Crippen LogP contribution < -0.4 is 0 Å². The summed E-state index contributed by atoms with van der Waals surface area (Å²) in [7, 11) is 0. The molecule has 1 aromatic rings. The molecule has 1 aromatic carbocycles. The van der Waals surface area contributed by atoms with E-state index in [0.29, 0.717) is 0 Å². The maximum absolute atomic E-state index is 5.82. The molecule has 1 heteroatoms. The molecule has 0 bridgehead atoms. The monoisotopic (exact) mass is 240 g/mol. The van der Waals surface area contributed by atoms with Crippen LogP contribution in [0.25, 0.3) is 0 Å². The van der Waals surface area contributed by atoms with Crippen molar-refractivity contribution in [1.82, 2.24) is 0 Å². The Hall–Kier alpha value is -1.52. The summed E-state index contributed by atoms with van der Waals surface area (Å²) in [6, 6.07) is 10.1. The lowest BCUT2D eigenvalue weighted by atomic mass is 10.0. The molecule has 0 aromatic heterocycles. The molecule has 0 radical (unpaired) electrons. The lowest BCUT2D eigenvalue weighted by Gasteiger charge is -2.09. The lowest BCUT2D eigenvalue weighted by molar-refractivity contribution is 0.0854. The van der Waals surface area contributed by atoms with Gasteiger partial charge in [-0.15, -0.1) is 0 Å². The van der Waals surface area contributed by atoms with Gasteiger partial charge in [0, 0.05) is 12.2 Å². The van der Waals surface area contributed by atoms with Crippen molar-refractivity contribution in [2.24, 2.45) is 0 Å². The average Bonchev–Trinajstić information content (AvgIpc) is 2.50. The number of benzene rings is 1. The number of rotatable bonds is 0. The van der Waals surface area contributed by atoms with Crippen LogP contribution in [0.3, 0.4) is 0 Å². The highest BCUT2D eigenvalue weighted by molar-refractivity contribution is 5.34. The van der Waals surface area contributed by atoms with Crippen LogP contribution in [0.15, 0.2) is 42.5 Å². The zero-order chi connectivity index (χ0) is 12.6. The first kappa shape index (κ1) is 12.9. The molecule has 1 saturated heterocycles. The number of hydrogen-bond acceptors (Lipinski definition) is 1. The summed E-state index contributed by atoms with van der Waals surface area (Å²) in [5.41, 5.74) is 2.42. The molecule has 1 nitrogen and oxygen atoms in total. The Labute approximate surface area is 110 Å². The predicted octanol–water partition coefficient (Wildman–Crippen LogP) is 3.94. The van der Waals surface area contributed by atoms with Crippen LogP contribution in [-0.4, -0.2) is 12.7 Å². The quantitative estimate of drug-likeness (QED) is 0.493. The summed E-state index contributed by atoms with van der Waals surface area (Å²) in [4.78, 5) is 0. The van der Waals surface area contributed by atoms with E-state index in [2.05, 4.69) is 18.4 Å². The van der Waals surface area contributed by atoms with E-state index >= 15 is 0 Å². The topological polar surface area (TPSA) is 9.23 Å². The molecule has 18 heavy (non-hydrogen) atoms. The van der Waals surface area contributed by atoms with Gasteiger partial charge in [0.2, 0.25) is 0 Å². The van der Waals surface area contributed by atoms with Crippen LogP contribution in [0, 0.1) is 11.8 Å². The maximum Gasteiger partial charge on any atom is 0.118 e. The van der Waals surface area contributed by atoms with E-state index in [9.17, 15) is 0 Å². The fraction of sp³-hybridized carbons (Fsp3) is 0.412. The van der Waals surface area contributed by atoms with Crippen molar-refractivity contribution in [1.29, 1.82) is 0 Å². The minimum Gasteiger partial charge on any atom is -0.366 e. The highest BCUT2D eigenvalue weighted by Gasteiger charge is 2.08. The minimum atomic E-state index is 0.0797. The SMILES string of the molecule is C=C1CCCOC(C#Cc2ccccc2)CCC1. The molecule has 0 amide bonds. The Morgan fingerprint density at radius 2 is 1.89 bits per heavy atom. The minimum absolute atomic E-state index is 0.0797. The Morgan fingerprint density at radius 1 is 1.11 bits per heavy atom. The van der Waals surface area contributed by atoms with Gasteiger partial charge in [-0.1, -0.05) is 42.2 Å². The van der Waals surface area contributed by atoms with Crippen LogP contribution in [-0.2, 0) is 4.74 Å². The molecule has 94 valence electrons. The van der Waals surface area contributed by atoms with Crippen molar-refractivity contribution < 1.29 is 4.74 Å². The van der Waals surface area contributed by atoms with Crippen LogP contribution >= 0.6 is 0 Å². The molecular formula is C17H20O. The number of allylic oxidation sites excluding steroid dienone is 1. The van der Waals surface area contributed by atoms with Crippen molar-refractivity contribution in [3.05, 3.63) is 48.0 Å². The molecule has 1 atom stereocenters. The van der Waals surface area contributed by atoms with Crippen molar-refractivity contribution in [3.63, 3.8) is 0 Å². The highest BCUT2D eigenvalue weighted by Crippen LogP contribution is 2.17. The molecule has 0 aliphatic carbocycles. The molecule has 1 unspecified atom stereocenters. The fourth-order valence-electron chi connectivity index (χ4n) is 2.09. The Morgan fingerprint density at radius 3 is 2.72 bits per heavy atom. The number of ether oxygens (including phenoxy) is 1. The van der Waals surface area contributed by atoms with Gasteiger partial charge in [0.15, 0.2) is 0 Å². The van der Waals surface area contributed by atoms with Gasteiger partial charge < -0.3 is 4.74 Å². The molecule has 1 aliphatic heterocycles. The van der Waals surface area contributed by atoms with E-state index in [1.807, 2.05) is 30.3 Å². The van der Waals surface area contributed by atoms with Gasteiger partial charge in [0.05, 0.1) is 0 Å². The largest absolute Gasteiger partial charge is 0.366 e.